The van der Waals surface area contributed by atoms with Crippen LogP contribution in [0.4, 0.5) is 0 Å². The Kier molecular flexibility index (Phi) is 4.62. The number of aromatic amines is 1. The lowest BCUT2D eigenvalue weighted by molar-refractivity contribution is -0.125. The second kappa shape index (κ2) is 6.84. The van der Waals surface area contributed by atoms with Crippen molar-refractivity contribution in [3.8, 4) is 0 Å². The van der Waals surface area contributed by atoms with Crippen LogP contribution in [-0.2, 0) is 11.3 Å². The summed E-state index contributed by atoms with van der Waals surface area (Å²) in [6, 6.07) is 13.1. The van der Waals surface area contributed by atoms with Gasteiger partial charge < -0.3 is 9.88 Å². The maximum absolute atomic E-state index is 12.4. The molecule has 1 N–H and O–H groups in total. The first-order chi connectivity index (χ1) is 11.5. The predicted octanol–water partition coefficient (Wildman–Crippen LogP) is 3.65. The fourth-order valence-corrected chi connectivity index (χ4v) is 3.32. The Morgan fingerprint density at radius 2 is 2.04 bits per heavy atom. The molecule has 3 aromatic rings. The number of carbonyl (C=O) groups is 1. The largest absolute Gasteiger partial charge is 0.338 e. The zero-order valence-corrected chi connectivity index (χ0v) is 14.4. The number of para-hydroxylation sites is 1. The molecule has 0 saturated heterocycles. The highest BCUT2D eigenvalue weighted by molar-refractivity contribution is 7.11. The first-order valence-corrected chi connectivity index (χ1v) is 8.51. The Hall–Kier alpha value is -2.66. The lowest BCUT2D eigenvalue weighted by Gasteiger charge is -2.17. The van der Waals surface area contributed by atoms with Crippen LogP contribution in [0.1, 0.15) is 17.4 Å². The van der Waals surface area contributed by atoms with Gasteiger partial charge in [-0.05, 0) is 35.6 Å². The second-order valence-electron chi connectivity index (χ2n) is 5.70. The van der Waals surface area contributed by atoms with Gasteiger partial charge in [0.05, 0.1) is 0 Å². The third kappa shape index (κ3) is 3.46. The van der Waals surface area contributed by atoms with Crippen LogP contribution >= 0.6 is 11.3 Å². The molecular formula is C19H18N2O2S. The quantitative estimate of drug-likeness (QED) is 0.738. The monoisotopic (exact) mass is 338 g/mol. The standard InChI is InChI=1S/C19H18N2O2S/c1-13(17-8-5-9-24-17)10-19(23)21(2)12-14-11-18(22)20-16-7-4-3-6-15(14)16/h3-11H,12H2,1-2H3,(H,20,22). The van der Waals surface area contributed by atoms with E-state index in [1.54, 1.807) is 35.4 Å². The van der Waals surface area contributed by atoms with Crippen molar-refractivity contribution in [2.45, 2.75) is 13.5 Å². The van der Waals surface area contributed by atoms with Gasteiger partial charge >= 0.3 is 0 Å². The number of pyridine rings is 1. The van der Waals surface area contributed by atoms with E-state index >= 15 is 0 Å². The first-order valence-electron chi connectivity index (χ1n) is 7.63. The topological polar surface area (TPSA) is 53.2 Å². The Labute approximate surface area is 144 Å². The molecule has 0 spiro atoms. The molecule has 4 nitrogen and oxygen atoms in total. The van der Waals surface area contributed by atoms with Gasteiger partial charge in [0.2, 0.25) is 11.5 Å². The summed E-state index contributed by atoms with van der Waals surface area (Å²) in [4.78, 5) is 29.8. The molecule has 5 heteroatoms. The van der Waals surface area contributed by atoms with Gasteiger partial charge in [0.25, 0.3) is 0 Å². The molecule has 0 atom stereocenters. The van der Waals surface area contributed by atoms with E-state index in [2.05, 4.69) is 4.98 Å². The molecule has 0 radical (unpaired) electrons. The van der Waals surface area contributed by atoms with Crippen molar-refractivity contribution in [3.63, 3.8) is 0 Å². The number of H-pyrrole nitrogens is 1. The molecule has 0 aliphatic rings. The van der Waals surface area contributed by atoms with E-state index in [1.165, 1.54) is 0 Å². The van der Waals surface area contributed by atoms with Gasteiger partial charge in [0, 0.05) is 41.5 Å². The number of allylic oxidation sites excluding steroid dienone is 1. The summed E-state index contributed by atoms with van der Waals surface area (Å²) in [6.07, 6.45) is 1.64. The van der Waals surface area contributed by atoms with Crippen LogP contribution in [0.3, 0.4) is 0 Å². The SMILES string of the molecule is CC(=CC(=O)N(C)Cc1cc(=O)[nH]c2ccccc12)c1cccs1. The van der Waals surface area contributed by atoms with Crippen LogP contribution in [0.25, 0.3) is 16.5 Å². The highest BCUT2D eigenvalue weighted by Crippen LogP contribution is 2.20. The maximum Gasteiger partial charge on any atom is 0.248 e. The third-order valence-electron chi connectivity index (χ3n) is 3.87. The number of nitrogens with one attached hydrogen (secondary N) is 1. The molecule has 1 amide bonds. The minimum Gasteiger partial charge on any atom is -0.338 e. The zero-order chi connectivity index (χ0) is 17.1. The van der Waals surface area contributed by atoms with Crippen molar-refractivity contribution >= 4 is 33.7 Å². The minimum atomic E-state index is -0.158. The smallest absolute Gasteiger partial charge is 0.248 e. The molecule has 0 saturated carbocycles. The van der Waals surface area contributed by atoms with Crippen LogP contribution in [0, 0.1) is 0 Å². The summed E-state index contributed by atoms with van der Waals surface area (Å²) < 4.78 is 0. The van der Waals surface area contributed by atoms with Gasteiger partial charge in [-0.15, -0.1) is 11.3 Å². The van der Waals surface area contributed by atoms with E-state index in [9.17, 15) is 9.59 Å². The summed E-state index contributed by atoms with van der Waals surface area (Å²) in [5.41, 5.74) is 2.41. The molecule has 24 heavy (non-hydrogen) atoms. The molecule has 2 heterocycles. The Bertz CT molecular complexity index is 955. The molecule has 2 aromatic heterocycles. The average molecular weight is 338 g/mol. The van der Waals surface area contributed by atoms with Crippen molar-refractivity contribution < 1.29 is 4.79 Å². The number of fused-ring (bicyclic) bond motifs is 1. The third-order valence-corrected chi connectivity index (χ3v) is 4.87. The fourth-order valence-electron chi connectivity index (χ4n) is 2.61. The van der Waals surface area contributed by atoms with Gasteiger partial charge in [-0.25, -0.2) is 0 Å². The molecule has 0 aliphatic heterocycles. The molecule has 0 bridgehead atoms. The van der Waals surface area contributed by atoms with Crippen molar-refractivity contribution in [2.75, 3.05) is 7.05 Å². The van der Waals surface area contributed by atoms with E-state index < -0.39 is 0 Å². The number of amides is 1. The van der Waals surface area contributed by atoms with E-state index in [-0.39, 0.29) is 11.5 Å². The van der Waals surface area contributed by atoms with E-state index in [0.717, 1.165) is 26.9 Å². The Morgan fingerprint density at radius 3 is 2.79 bits per heavy atom. The number of hydrogen-bond acceptors (Lipinski definition) is 3. The summed E-state index contributed by atoms with van der Waals surface area (Å²) in [5.74, 6) is -0.0785. The number of aromatic nitrogens is 1. The maximum atomic E-state index is 12.4. The van der Waals surface area contributed by atoms with Gasteiger partial charge in [-0.1, -0.05) is 24.3 Å². The normalized spacial score (nSPS) is 11.7. The summed E-state index contributed by atoms with van der Waals surface area (Å²) in [6.45, 7) is 2.32. The predicted molar refractivity (Wildman–Crippen MR) is 99.0 cm³/mol. The molecule has 122 valence electrons. The molecule has 3 rings (SSSR count). The lowest BCUT2D eigenvalue weighted by atomic mass is 10.1. The molecule has 1 aromatic carbocycles. The van der Waals surface area contributed by atoms with Crippen LogP contribution in [0.5, 0.6) is 0 Å². The lowest BCUT2D eigenvalue weighted by Crippen LogP contribution is -2.25. The zero-order valence-electron chi connectivity index (χ0n) is 13.6. The second-order valence-corrected chi connectivity index (χ2v) is 6.65. The number of thiophene rings is 1. The van der Waals surface area contributed by atoms with Crippen molar-refractivity contribution in [1.82, 2.24) is 9.88 Å². The van der Waals surface area contributed by atoms with Crippen LogP contribution in [0.2, 0.25) is 0 Å². The Morgan fingerprint density at radius 1 is 1.25 bits per heavy atom. The molecule has 0 unspecified atom stereocenters. The van der Waals surface area contributed by atoms with E-state index in [1.807, 2.05) is 48.7 Å². The minimum absolute atomic E-state index is 0.0785. The van der Waals surface area contributed by atoms with E-state index in [0.29, 0.717) is 6.54 Å². The fraction of sp³-hybridized carbons (Fsp3) is 0.158. The van der Waals surface area contributed by atoms with Crippen LogP contribution in [0.15, 0.2) is 58.7 Å². The van der Waals surface area contributed by atoms with Gasteiger partial charge in [0.1, 0.15) is 0 Å². The van der Waals surface area contributed by atoms with E-state index in [4.69, 9.17) is 0 Å². The first kappa shape index (κ1) is 16.2. The number of carbonyl (C=O) groups excluding carboxylic acids is 1. The Balaban J connectivity index is 1.85. The summed E-state index contributed by atoms with van der Waals surface area (Å²) in [7, 11) is 1.75. The molecule has 0 aliphatic carbocycles. The molecule has 0 fully saturated rings. The van der Waals surface area contributed by atoms with Gasteiger partial charge in [-0.2, -0.15) is 0 Å². The summed E-state index contributed by atoms with van der Waals surface area (Å²) >= 11 is 1.61. The summed E-state index contributed by atoms with van der Waals surface area (Å²) in [5, 5.41) is 2.94. The highest BCUT2D eigenvalue weighted by atomic mass is 32.1. The number of rotatable bonds is 4. The number of benzene rings is 1. The van der Waals surface area contributed by atoms with Crippen molar-refractivity contribution in [3.05, 3.63) is 74.7 Å². The van der Waals surface area contributed by atoms with Gasteiger partial charge in [0.15, 0.2) is 0 Å². The van der Waals surface area contributed by atoms with Crippen molar-refractivity contribution in [1.29, 1.82) is 0 Å². The number of likely N-dealkylation sites (N-methyl/N-ethyl adjacent to an activating group) is 1. The highest BCUT2D eigenvalue weighted by Gasteiger charge is 2.11. The molecular weight excluding hydrogens is 320 g/mol. The van der Waals surface area contributed by atoms with Crippen molar-refractivity contribution in [2.24, 2.45) is 0 Å². The van der Waals surface area contributed by atoms with Gasteiger partial charge in [-0.3, -0.25) is 9.59 Å². The van der Waals surface area contributed by atoms with Crippen LogP contribution < -0.4 is 5.56 Å². The number of nitrogens with zero attached hydrogens (tertiary/aromatic N) is 1. The van der Waals surface area contributed by atoms with Crippen LogP contribution in [-0.4, -0.2) is 22.8 Å². The average Bonchev–Trinajstić information content (AvgIpc) is 3.09. The number of hydrogen-bond donors (Lipinski definition) is 1.